The summed E-state index contributed by atoms with van der Waals surface area (Å²) in [5.74, 6) is 0.502. The third-order valence-corrected chi connectivity index (χ3v) is 2.39. The van der Waals surface area contributed by atoms with E-state index in [4.69, 9.17) is 4.74 Å². The van der Waals surface area contributed by atoms with E-state index < -0.39 is 5.60 Å². The lowest BCUT2D eigenvalue weighted by molar-refractivity contribution is -0.0270. The number of benzene rings is 1. The molecule has 0 heterocycles. The van der Waals surface area contributed by atoms with E-state index in [1.807, 2.05) is 6.07 Å². The van der Waals surface area contributed by atoms with Gasteiger partial charge in [-0.3, -0.25) is 0 Å². The number of aliphatic hydroxyl groups is 1. The molecule has 0 saturated carbocycles. The number of rotatable bonds is 5. The highest BCUT2D eigenvalue weighted by atomic mass is 16.5. The summed E-state index contributed by atoms with van der Waals surface area (Å²) >= 11 is 0. The molecule has 0 saturated heterocycles. The second kappa shape index (κ2) is 5.46. The third-order valence-electron chi connectivity index (χ3n) is 2.39. The van der Waals surface area contributed by atoms with Crippen LogP contribution in [0, 0.1) is 0 Å². The van der Waals surface area contributed by atoms with Crippen molar-refractivity contribution in [2.24, 2.45) is 0 Å². The Kier molecular flexibility index (Phi) is 4.51. The number of ether oxygens (including phenoxy) is 1. The Morgan fingerprint density at radius 1 is 1.25 bits per heavy atom. The zero-order valence-electron chi connectivity index (χ0n) is 10.7. The molecule has 1 aromatic carbocycles. The van der Waals surface area contributed by atoms with Gasteiger partial charge in [0.25, 0.3) is 0 Å². The zero-order valence-corrected chi connectivity index (χ0v) is 10.7. The minimum atomic E-state index is -0.757. The molecule has 0 aliphatic carbocycles. The largest absolute Gasteiger partial charge is 0.388 e. The first-order chi connectivity index (χ1) is 7.40. The second-order valence-corrected chi connectivity index (χ2v) is 5.16. The van der Waals surface area contributed by atoms with Gasteiger partial charge < -0.3 is 9.84 Å². The summed E-state index contributed by atoms with van der Waals surface area (Å²) in [5.41, 5.74) is 1.77. The van der Waals surface area contributed by atoms with Gasteiger partial charge >= 0.3 is 0 Å². The average molecular weight is 222 g/mol. The van der Waals surface area contributed by atoms with Crippen LogP contribution in [0.1, 0.15) is 44.7 Å². The fourth-order valence-corrected chi connectivity index (χ4v) is 1.64. The Morgan fingerprint density at radius 2 is 1.88 bits per heavy atom. The highest BCUT2D eigenvalue weighted by Crippen LogP contribution is 2.20. The van der Waals surface area contributed by atoms with Crippen molar-refractivity contribution >= 4 is 0 Å². The molecule has 0 radical (unpaired) electrons. The van der Waals surface area contributed by atoms with Gasteiger partial charge in [0.15, 0.2) is 0 Å². The van der Waals surface area contributed by atoms with Crippen molar-refractivity contribution < 1.29 is 9.84 Å². The molecule has 0 spiro atoms. The van der Waals surface area contributed by atoms with E-state index in [1.54, 1.807) is 13.8 Å². The summed E-state index contributed by atoms with van der Waals surface area (Å²) in [6, 6.07) is 8.29. The second-order valence-electron chi connectivity index (χ2n) is 5.16. The topological polar surface area (TPSA) is 29.5 Å². The fourth-order valence-electron chi connectivity index (χ4n) is 1.64. The van der Waals surface area contributed by atoms with Crippen LogP contribution in [0.15, 0.2) is 24.3 Å². The predicted octanol–water partition coefficient (Wildman–Crippen LogP) is 3.10. The summed E-state index contributed by atoms with van der Waals surface area (Å²) in [7, 11) is 0. The molecule has 90 valence electrons. The standard InChI is InChI=1S/C14H22O2/c1-11(2)13-8-6-5-7-12(13)9-16-10-14(3,4)15/h5-8,11,15H,9-10H2,1-4H3. The van der Waals surface area contributed by atoms with Gasteiger partial charge in [-0.25, -0.2) is 0 Å². The molecule has 1 aromatic rings. The molecule has 0 amide bonds. The number of hydrogen-bond acceptors (Lipinski definition) is 2. The summed E-state index contributed by atoms with van der Waals surface area (Å²) in [5, 5.41) is 9.55. The molecule has 0 fully saturated rings. The van der Waals surface area contributed by atoms with Crippen LogP contribution in [0.5, 0.6) is 0 Å². The smallest absolute Gasteiger partial charge is 0.0824 e. The van der Waals surface area contributed by atoms with Crippen molar-refractivity contribution in [1.82, 2.24) is 0 Å². The maximum atomic E-state index is 9.55. The van der Waals surface area contributed by atoms with Gasteiger partial charge in [0, 0.05) is 0 Å². The van der Waals surface area contributed by atoms with Crippen LogP contribution < -0.4 is 0 Å². The summed E-state index contributed by atoms with van der Waals surface area (Å²) in [6.07, 6.45) is 0. The normalized spacial score (nSPS) is 12.1. The molecule has 0 bridgehead atoms. The molecule has 2 heteroatoms. The molecular weight excluding hydrogens is 200 g/mol. The van der Waals surface area contributed by atoms with Crippen LogP contribution >= 0.6 is 0 Å². The first-order valence-corrected chi connectivity index (χ1v) is 5.78. The van der Waals surface area contributed by atoms with E-state index in [0.717, 1.165) is 0 Å². The van der Waals surface area contributed by atoms with Gasteiger partial charge in [-0.15, -0.1) is 0 Å². The first-order valence-electron chi connectivity index (χ1n) is 5.78. The summed E-state index contributed by atoms with van der Waals surface area (Å²) in [6.45, 7) is 8.78. The Labute approximate surface area is 98.3 Å². The van der Waals surface area contributed by atoms with Crippen LogP contribution in [0.2, 0.25) is 0 Å². The molecule has 0 aliphatic rings. The molecule has 16 heavy (non-hydrogen) atoms. The molecule has 2 nitrogen and oxygen atoms in total. The van der Waals surface area contributed by atoms with Crippen molar-refractivity contribution in [3.8, 4) is 0 Å². The molecule has 1 N–H and O–H groups in total. The predicted molar refractivity (Wildman–Crippen MR) is 66.5 cm³/mol. The van der Waals surface area contributed by atoms with Crippen LogP contribution in [0.25, 0.3) is 0 Å². The van der Waals surface area contributed by atoms with Gasteiger partial charge in [-0.05, 0) is 30.9 Å². The Morgan fingerprint density at radius 3 is 2.44 bits per heavy atom. The van der Waals surface area contributed by atoms with E-state index in [0.29, 0.717) is 19.1 Å². The van der Waals surface area contributed by atoms with Crippen LogP contribution in [-0.4, -0.2) is 17.3 Å². The minimum Gasteiger partial charge on any atom is -0.388 e. The van der Waals surface area contributed by atoms with Crippen LogP contribution in [0.3, 0.4) is 0 Å². The van der Waals surface area contributed by atoms with Crippen LogP contribution in [0.4, 0.5) is 0 Å². The molecule has 0 atom stereocenters. The molecule has 1 rings (SSSR count). The lowest BCUT2D eigenvalue weighted by Crippen LogP contribution is -2.25. The van der Waals surface area contributed by atoms with E-state index >= 15 is 0 Å². The van der Waals surface area contributed by atoms with Gasteiger partial charge in [0.2, 0.25) is 0 Å². The van der Waals surface area contributed by atoms with E-state index in [2.05, 4.69) is 32.0 Å². The van der Waals surface area contributed by atoms with Crippen molar-refractivity contribution in [2.75, 3.05) is 6.61 Å². The van der Waals surface area contributed by atoms with Crippen LogP contribution in [-0.2, 0) is 11.3 Å². The molecule has 0 unspecified atom stereocenters. The van der Waals surface area contributed by atoms with E-state index in [-0.39, 0.29) is 0 Å². The first kappa shape index (κ1) is 13.2. The maximum absolute atomic E-state index is 9.55. The molecular formula is C14H22O2. The fraction of sp³-hybridized carbons (Fsp3) is 0.571. The van der Waals surface area contributed by atoms with Gasteiger partial charge in [0.1, 0.15) is 0 Å². The minimum absolute atomic E-state index is 0.361. The van der Waals surface area contributed by atoms with E-state index in [9.17, 15) is 5.11 Å². The van der Waals surface area contributed by atoms with Crippen molar-refractivity contribution in [3.05, 3.63) is 35.4 Å². The van der Waals surface area contributed by atoms with Crippen molar-refractivity contribution in [3.63, 3.8) is 0 Å². The maximum Gasteiger partial charge on any atom is 0.0824 e. The Bertz CT molecular complexity index is 324. The summed E-state index contributed by atoms with van der Waals surface area (Å²) < 4.78 is 5.52. The summed E-state index contributed by atoms with van der Waals surface area (Å²) in [4.78, 5) is 0. The lowest BCUT2D eigenvalue weighted by Gasteiger charge is -2.18. The number of hydrogen-bond donors (Lipinski definition) is 1. The van der Waals surface area contributed by atoms with Gasteiger partial charge in [0.05, 0.1) is 18.8 Å². The van der Waals surface area contributed by atoms with Crippen molar-refractivity contribution in [2.45, 2.75) is 45.8 Å². The van der Waals surface area contributed by atoms with Crippen molar-refractivity contribution in [1.29, 1.82) is 0 Å². The monoisotopic (exact) mass is 222 g/mol. The highest BCUT2D eigenvalue weighted by Gasteiger charge is 2.13. The van der Waals surface area contributed by atoms with E-state index in [1.165, 1.54) is 11.1 Å². The SMILES string of the molecule is CC(C)c1ccccc1COCC(C)(C)O. The molecule has 0 aliphatic heterocycles. The third kappa shape index (κ3) is 4.33. The van der Waals surface area contributed by atoms with Gasteiger partial charge in [-0.2, -0.15) is 0 Å². The highest BCUT2D eigenvalue weighted by molar-refractivity contribution is 5.29. The lowest BCUT2D eigenvalue weighted by atomic mass is 9.98. The molecule has 0 aromatic heterocycles. The zero-order chi connectivity index (χ0) is 12.2. The average Bonchev–Trinajstić information content (AvgIpc) is 2.16. The Balaban J connectivity index is 2.60. The van der Waals surface area contributed by atoms with Gasteiger partial charge in [-0.1, -0.05) is 38.1 Å². The quantitative estimate of drug-likeness (QED) is 0.829. The Hall–Kier alpha value is -0.860.